The highest BCUT2D eigenvalue weighted by Gasteiger charge is 2.25. The first-order chi connectivity index (χ1) is 11.1. The molecule has 0 spiro atoms. The average molecular weight is 329 g/mol. The molecule has 2 aromatic heterocycles. The Bertz CT molecular complexity index is 692. The van der Waals surface area contributed by atoms with Crippen LogP contribution in [0, 0.1) is 6.92 Å². The number of carbonyl (C=O) groups excluding carboxylic acids is 2. The Morgan fingerprint density at radius 1 is 1.26 bits per heavy atom. The molecule has 1 saturated heterocycles. The van der Waals surface area contributed by atoms with E-state index in [1.165, 1.54) is 11.3 Å². The van der Waals surface area contributed by atoms with Gasteiger partial charge < -0.3 is 10.2 Å². The maximum Gasteiger partial charge on any atom is 0.253 e. The molecule has 120 valence electrons. The van der Waals surface area contributed by atoms with Crippen LogP contribution in [-0.2, 0) is 0 Å². The third kappa shape index (κ3) is 3.76. The van der Waals surface area contributed by atoms with E-state index >= 15 is 0 Å². The number of nitrogens with zero attached hydrogens (tertiary/aromatic N) is 2. The van der Waals surface area contributed by atoms with Crippen molar-refractivity contribution < 1.29 is 9.59 Å². The maximum absolute atomic E-state index is 12.5. The summed E-state index contributed by atoms with van der Waals surface area (Å²) in [5, 5.41) is 6.79. The van der Waals surface area contributed by atoms with E-state index in [0.717, 1.165) is 18.5 Å². The van der Waals surface area contributed by atoms with Crippen LogP contribution in [0.15, 0.2) is 35.2 Å². The molecule has 0 aromatic carbocycles. The fourth-order valence-electron chi connectivity index (χ4n) is 2.75. The summed E-state index contributed by atoms with van der Waals surface area (Å²) in [6.45, 7) is 3.20. The second kappa shape index (κ2) is 6.91. The van der Waals surface area contributed by atoms with Gasteiger partial charge in [-0.2, -0.15) is 11.3 Å². The normalized spacial score (nSPS) is 15.4. The SMILES string of the molecule is Cc1cc(C(=O)N2CCC(NC(=O)c3ccsc3)CC2)ccn1. The topological polar surface area (TPSA) is 62.3 Å². The number of carbonyl (C=O) groups is 2. The number of pyridine rings is 1. The summed E-state index contributed by atoms with van der Waals surface area (Å²) < 4.78 is 0. The minimum absolute atomic E-state index is 0.0271. The summed E-state index contributed by atoms with van der Waals surface area (Å²) in [7, 11) is 0. The van der Waals surface area contributed by atoms with E-state index in [9.17, 15) is 9.59 Å². The first-order valence-corrected chi connectivity index (χ1v) is 8.63. The highest BCUT2D eigenvalue weighted by Crippen LogP contribution is 2.15. The van der Waals surface area contributed by atoms with Crippen LogP contribution in [0.3, 0.4) is 0 Å². The van der Waals surface area contributed by atoms with E-state index in [4.69, 9.17) is 0 Å². The van der Waals surface area contributed by atoms with Crippen LogP contribution in [0.25, 0.3) is 0 Å². The summed E-state index contributed by atoms with van der Waals surface area (Å²) in [5.41, 5.74) is 2.23. The van der Waals surface area contributed by atoms with Crippen molar-refractivity contribution in [2.24, 2.45) is 0 Å². The fourth-order valence-corrected chi connectivity index (χ4v) is 3.39. The van der Waals surface area contributed by atoms with Gasteiger partial charge in [-0.1, -0.05) is 0 Å². The fraction of sp³-hybridized carbons (Fsp3) is 0.353. The summed E-state index contributed by atoms with van der Waals surface area (Å²) in [4.78, 5) is 30.5. The molecule has 2 aromatic rings. The Labute approximate surface area is 139 Å². The molecule has 1 fully saturated rings. The van der Waals surface area contributed by atoms with Crippen LogP contribution >= 0.6 is 11.3 Å². The number of rotatable bonds is 3. The molecule has 0 bridgehead atoms. The Morgan fingerprint density at radius 3 is 2.70 bits per heavy atom. The highest BCUT2D eigenvalue weighted by molar-refractivity contribution is 7.08. The lowest BCUT2D eigenvalue weighted by Crippen LogP contribution is -2.46. The van der Waals surface area contributed by atoms with Crippen molar-refractivity contribution in [2.45, 2.75) is 25.8 Å². The lowest BCUT2D eigenvalue weighted by molar-refractivity contribution is 0.0698. The Morgan fingerprint density at radius 2 is 2.04 bits per heavy atom. The van der Waals surface area contributed by atoms with Gasteiger partial charge in [-0.15, -0.1) is 0 Å². The highest BCUT2D eigenvalue weighted by atomic mass is 32.1. The average Bonchev–Trinajstić information content (AvgIpc) is 3.09. The van der Waals surface area contributed by atoms with Crippen LogP contribution in [0.5, 0.6) is 0 Å². The molecule has 0 saturated carbocycles. The largest absolute Gasteiger partial charge is 0.349 e. The second-order valence-electron chi connectivity index (χ2n) is 5.74. The number of aryl methyl sites for hydroxylation is 1. The van der Waals surface area contributed by atoms with E-state index in [1.54, 1.807) is 12.3 Å². The molecule has 3 heterocycles. The predicted molar refractivity (Wildman–Crippen MR) is 89.7 cm³/mol. The molecule has 2 amide bonds. The Kier molecular flexibility index (Phi) is 4.71. The van der Waals surface area contributed by atoms with E-state index in [0.29, 0.717) is 24.2 Å². The lowest BCUT2D eigenvalue weighted by atomic mass is 10.0. The van der Waals surface area contributed by atoms with Gasteiger partial charge in [-0.3, -0.25) is 14.6 Å². The van der Waals surface area contributed by atoms with Gasteiger partial charge in [-0.05, 0) is 43.3 Å². The molecule has 5 nitrogen and oxygen atoms in total. The van der Waals surface area contributed by atoms with Crippen molar-refractivity contribution in [3.63, 3.8) is 0 Å². The molecule has 0 radical (unpaired) electrons. The van der Waals surface area contributed by atoms with Crippen molar-refractivity contribution in [1.29, 1.82) is 0 Å². The molecule has 1 aliphatic heterocycles. The van der Waals surface area contributed by atoms with Crippen LogP contribution in [-0.4, -0.2) is 40.8 Å². The summed E-state index contributed by atoms with van der Waals surface area (Å²) in [6, 6.07) is 5.52. The minimum Gasteiger partial charge on any atom is -0.349 e. The number of piperidine rings is 1. The zero-order chi connectivity index (χ0) is 16.2. The smallest absolute Gasteiger partial charge is 0.253 e. The molecule has 0 aliphatic carbocycles. The number of amides is 2. The van der Waals surface area contributed by atoms with Gasteiger partial charge in [0.05, 0.1) is 0 Å². The van der Waals surface area contributed by atoms with Gasteiger partial charge in [0, 0.05) is 47.5 Å². The van der Waals surface area contributed by atoms with Crippen LogP contribution in [0.2, 0.25) is 0 Å². The third-order valence-corrected chi connectivity index (χ3v) is 4.73. The van der Waals surface area contributed by atoms with E-state index in [-0.39, 0.29) is 17.9 Å². The number of aromatic nitrogens is 1. The standard InChI is InChI=1S/C17H19N3O2S/c1-12-10-13(2-6-18-12)17(22)20-7-3-15(4-8-20)19-16(21)14-5-9-23-11-14/h2,5-6,9-11,15H,3-4,7-8H2,1H3,(H,19,21). The molecule has 3 rings (SSSR count). The Hall–Kier alpha value is -2.21. The molecule has 23 heavy (non-hydrogen) atoms. The van der Waals surface area contributed by atoms with Crippen LogP contribution in [0.4, 0.5) is 0 Å². The minimum atomic E-state index is -0.0271. The monoisotopic (exact) mass is 329 g/mol. The summed E-state index contributed by atoms with van der Waals surface area (Å²) >= 11 is 1.51. The van der Waals surface area contributed by atoms with Crippen molar-refractivity contribution >= 4 is 23.2 Å². The molecule has 1 aliphatic rings. The number of thiophene rings is 1. The van der Waals surface area contributed by atoms with Crippen molar-refractivity contribution in [3.05, 3.63) is 52.0 Å². The van der Waals surface area contributed by atoms with Crippen LogP contribution < -0.4 is 5.32 Å². The summed E-state index contributed by atoms with van der Waals surface area (Å²) in [6.07, 6.45) is 3.23. The zero-order valence-corrected chi connectivity index (χ0v) is 13.8. The first-order valence-electron chi connectivity index (χ1n) is 7.68. The quantitative estimate of drug-likeness (QED) is 0.941. The number of likely N-dealkylation sites (tertiary alicyclic amines) is 1. The molecule has 6 heteroatoms. The van der Waals surface area contributed by atoms with Gasteiger partial charge >= 0.3 is 0 Å². The van der Waals surface area contributed by atoms with Gasteiger partial charge in [0.15, 0.2) is 0 Å². The predicted octanol–water partition coefficient (Wildman–Crippen LogP) is 2.49. The van der Waals surface area contributed by atoms with E-state index < -0.39 is 0 Å². The van der Waals surface area contributed by atoms with Gasteiger partial charge in [0.2, 0.25) is 0 Å². The molecule has 0 atom stereocenters. The Balaban J connectivity index is 1.54. The number of hydrogen-bond donors (Lipinski definition) is 1. The van der Waals surface area contributed by atoms with Crippen molar-refractivity contribution in [2.75, 3.05) is 13.1 Å². The molecular formula is C17H19N3O2S. The summed E-state index contributed by atoms with van der Waals surface area (Å²) in [5.74, 6) is 0.0129. The van der Waals surface area contributed by atoms with Gasteiger partial charge in [0.1, 0.15) is 0 Å². The van der Waals surface area contributed by atoms with E-state index in [1.807, 2.05) is 34.7 Å². The molecule has 0 unspecified atom stereocenters. The maximum atomic E-state index is 12.5. The first kappa shape index (κ1) is 15.7. The van der Waals surface area contributed by atoms with Crippen molar-refractivity contribution in [3.8, 4) is 0 Å². The van der Waals surface area contributed by atoms with Crippen LogP contribution in [0.1, 0.15) is 39.3 Å². The number of hydrogen-bond acceptors (Lipinski definition) is 4. The van der Waals surface area contributed by atoms with Crippen molar-refractivity contribution in [1.82, 2.24) is 15.2 Å². The molecule has 1 N–H and O–H groups in total. The van der Waals surface area contributed by atoms with E-state index in [2.05, 4.69) is 10.3 Å². The second-order valence-corrected chi connectivity index (χ2v) is 6.52. The lowest BCUT2D eigenvalue weighted by Gasteiger charge is -2.32. The van der Waals surface area contributed by atoms with Gasteiger partial charge in [-0.25, -0.2) is 0 Å². The van der Waals surface area contributed by atoms with Gasteiger partial charge in [0.25, 0.3) is 11.8 Å². The zero-order valence-electron chi connectivity index (χ0n) is 13.0. The number of nitrogens with one attached hydrogen (secondary N) is 1. The third-order valence-electron chi connectivity index (χ3n) is 4.04. The molecular weight excluding hydrogens is 310 g/mol.